The zero-order chi connectivity index (χ0) is 23.9. The Bertz CT molecular complexity index is 1230. The molecule has 1 heterocycles. The Kier molecular flexibility index (Phi) is 6.67. The molecule has 4 N–H and O–H groups in total. The molecule has 0 radical (unpaired) electrons. The topological polar surface area (TPSA) is 97.1 Å². The van der Waals surface area contributed by atoms with E-state index in [1.165, 1.54) is 18.3 Å². The lowest BCUT2D eigenvalue weighted by atomic mass is 10.1. The van der Waals surface area contributed by atoms with E-state index in [0.29, 0.717) is 32.8 Å². The lowest BCUT2D eigenvalue weighted by Crippen LogP contribution is -2.18. The van der Waals surface area contributed by atoms with E-state index >= 15 is 0 Å². The highest BCUT2D eigenvalue weighted by Crippen LogP contribution is 2.65. The average Bonchev–Trinajstić information content (AvgIpc) is 3.32. The number of halogens is 5. The van der Waals surface area contributed by atoms with Gasteiger partial charge in [-0.15, -0.1) is 23.2 Å². The van der Waals surface area contributed by atoms with E-state index in [2.05, 4.69) is 15.6 Å². The van der Waals surface area contributed by atoms with Crippen molar-refractivity contribution in [3.05, 3.63) is 80.9 Å². The largest absolute Gasteiger partial charge is 0.397 e. The van der Waals surface area contributed by atoms with Crippen molar-refractivity contribution in [2.45, 2.75) is 10.3 Å². The summed E-state index contributed by atoms with van der Waals surface area (Å²) in [5, 5.41) is 6.39. The van der Waals surface area contributed by atoms with E-state index in [9.17, 15) is 9.59 Å². The van der Waals surface area contributed by atoms with Gasteiger partial charge in [-0.05, 0) is 54.1 Å². The zero-order valence-electron chi connectivity index (χ0n) is 16.6. The third-order valence-corrected chi connectivity index (χ3v) is 6.79. The molecule has 0 bridgehead atoms. The number of hydrogen-bond acceptors (Lipinski definition) is 4. The fourth-order valence-electron chi connectivity index (χ4n) is 3.48. The lowest BCUT2D eigenvalue weighted by Gasteiger charge is -2.10. The first-order valence-electron chi connectivity index (χ1n) is 9.53. The van der Waals surface area contributed by atoms with Gasteiger partial charge >= 0.3 is 0 Å². The molecule has 4 rings (SSSR count). The van der Waals surface area contributed by atoms with Crippen LogP contribution in [0.4, 0.5) is 17.2 Å². The molecule has 0 spiro atoms. The molecule has 6 nitrogen and oxygen atoms in total. The van der Waals surface area contributed by atoms with Crippen LogP contribution in [0.25, 0.3) is 0 Å². The second-order valence-corrected chi connectivity index (χ2v) is 10.2. The van der Waals surface area contributed by atoms with Crippen molar-refractivity contribution in [2.75, 3.05) is 16.4 Å². The van der Waals surface area contributed by atoms with Crippen LogP contribution in [0.5, 0.6) is 0 Å². The number of amides is 2. The number of hydrogen-bond donors (Lipinski definition) is 3. The number of anilines is 3. The van der Waals surface area contributed by atoms with Crippen LogP contribution in [0, 0.1) is 5.92 Å². The summed E-state index contributed by atoms with van der Waals surface area (Å²) in [5.41, 5.74) is 7.21. The number of pyridine rings is 1. The first-order chi connectivity index (χ1) is 15.6. The smallest absolute Gasteiger partial charge is 0.258 e. The van der Waals surface area contributed by atoms with Crippen molar-refractivity contribution in [1.82, 2.24) is 4.98 Å². The van der Waals surface area contributed by atoms with Crippen molar-refractivity contribution in [3.8, 4) is 0 Å². The van der Waals surface area contributed by atoms with Gasteiger partial charge in [-0.25, -0.2) is 4.98 Å². The van der Waals surface area contributed by atoms with Crippen LogP contribution in [0.15, 0.2) is 54.7 Å². The molecule has 1 aromatic heterocycles. The second-order valence-electron chi connectivity index (χ2n) is 7.45. The number of nitrogen functional groups attached to an aromatic ring is 1. The van der Waals surface area contributed by atoms with E-state index in [1.807, 2.05) is 0 Å². The molecule has 2 aromatic carbocycles. The van der Waals surface area contributed by atoms with Crippen molar-refractivity contribution < 1.29 is 9.59 Å². The van der Waals surface area contributed by atoms with E-state index in [-0.39, 0.29) is 10.6 Å². The van der Waals surface area contributed by atoms with Crippen molar-refractivity contribution >= 4 is 87.0 Å². The molecular weight excluding hydrogens is 530 g/mol. The summed E-state index contributed by atoms with van der Waals surface area (Å²) >= 11 is 31.1. The quantitative estimate of drug-likeness (QED) is 0.324. The highest BCUT2D eigenvalue weighted by Gasteiger charge is 2.67. The highest BCUT2D eigenvalue weighted by molar-refractivity contribution is 6.53. The van der Waals surface area contributed by atoms with Crippen LogP contribution in [-0.2, 0) is 4.79 Å². The molecule has 2 atom stereocenters. The zero-order valence-corrected chi connectivity index (χ0v) is 20.4. The third kappa shape index (κ3) is 5.15. The van der Waals surface area contributed by atoms with Gasteiger partial charge in [0.1, 0.15) is 10.2 Å². The van der Waals surface area contributed by atoms with Crippen LogP contribution in [0.3, 0.4) is 0 Å². The molecule has 170 valence electrons. The molecule has 2 amide bonds. The molecule has 33 heavy (non-hydrogen) atoms. The van der Waals surface area contributed by atoms with Gasteiger partial charge < -0.3 is 16.4 Å². The number of aromatic nitrogens is 1. The van der Waals surface area contributed by atoms with Crippen LogP contribution in [-0.4, -0.2) is 21.1 Å². The summed E-state index contributed by atoms with van der Waals surface area (Å²) in [7, 11) is 0. The lowest BCUT2D eigenvalue weighted by molar-refractivity contribution is -0.117. The van der Waals surface area contributed by atoms with Crippen LogP contribution in [0.1, 0.15) is 21.8 Å². The maximum absolute atomic E-state index is 12.9. The molecule has 1 aliphatic carbocycles. The molecular formula is C22H15Cl5N4O2. The first kappa shape index (κ1) is 23.9. The minimum atomic E-state index is -1.33. The number of carbonyl (C=O) groups is 2. The van der Waals surface area contributed by atoms with E-state index in [4.69, 9.17) is 63.7 Å². The maximum atomic E-state index is 12.9. The van der Waals surface area contributed by atoms with Crippen LogP contribution >= 0.6 is 58.0 Å². The van der Waals surface area contributed by atoms with E-state index in [1.54, 1.807) is 36.4 Å². The number of nitrogens with one attached hydrogen (secondary N) is 2. The van der Waals surface area contributed by atoms with Crippen molar-refractivity contribution in [2.24, 2.45) is 5.92 Å². The molecule has 1 fully saturated rings. The maximum Gasteiger partial charge on any atom is 0.258 e. The summed E-state index contributed by atoms with van der Waals surface area (Å²) in [4.78, 5) is 29.6. The summed E-state index contributed by atoms with van der Waals surface area (Å²) in [6.07, 6.45) is 1.41. The average molecular weight is 545 g/mol. The minimum Gasteiger partial charge on any atom is -0.397 e. The van der Waals surface area contributed by atoms with E-state index in [0.717, 1.165) is 0 Å². The molecule has 0 aliphatic heterocycles. The first-order valence-corrected chi connectivity index (χ1v) is 11.4. The van der Waals surface area contributed by atoms with Gasteiger partial charge in [-0.3, -0.25) is 9.59 Å². The van der Waals surface area contributed by atoms with Gasteiger partial charge in [0.2, 0.25) is 5.91 Å². The van der Waals surface area contributed by atoms with Crippen molar-refractivity contribution in [3.63, 3.8) is 0 Å². The fraction of sp³-hybridized carbons (Fsp3) is 0.136. The monoisotopic (exact) mass is 542 g/mol. The second kappa shape index (κ2) is 9.20. The summed E-state index contributed by atoms with van der Waals surface area (Å²) in [6, 6.07) is 12.6. The van der Waals surface area contributed by atoms with Gasteiger partial charge in [0.25, 0.3) is 5.91 Å². The number of nitrogens with two attached hydrogens (primary N) is 1. The highest BCUT2D eigenvalue weighted by atomic mass is 35.5. The summed E-state index contributed by atoms with van der Waals surface area (Å²) in [5.74, 6) is -1.87. The Labute approximate surface area is 214 Å². The van der Waals surface area contributed by atoms with Gasteiger partial charge in [0.15, 0.2) is 0 Å². The molecule has 1 aliphatic rings. The normalized spacial score (nSPS) is 18.5. The van der Waals surface area contributed by atoms with Crippen molar-refractivity contribution in [1.29, 1.82) is 0 Å². The number of rotatable bonds is 5. The molecule has 0 saturated heterocycles. The Morgan fingerprint density at radius 2 is 1.64 bits per heavy atom. The SMILES string of the molecule is Nc1ccc(NC(=O)c2cc(NC(=O)[C@H]3[C@H](c4cc(Cl)cc(Cl)c4)C3(Cl)Cl)ccc2Cl)nc1. The van der Waals surface area contributed by atoms with Gasteiger partial charge in [-0.1, -0.05) is 34.8 Å². The molecule has 3 aromatic rings. The Balaban J connectivity index is 1.50. The predicted octanol–water partition coefficient (Wildman–Crippen LogP) is 6.40. The molecule has 1 saturated carbocycles. The predicted molar refractivity (Wildman–Crippen MR) is 134 cm³/mol. The van der Waals surface area contributed by atoms with Crippen LogP contribution < -0.4 is 16.4 Å². The molecule has 0 unspecified atom stereocenters. The Hall–Kier alpha value is -2.22. The summed E-state index contributed by atoms with van der Waals surface area (Å²) in [6.45, 7) is 0. The van der Waals surface area contributed by atoms with E-state index < -0.39 is 28.0 Å². The fourth-order valence-corrected chi connectivity index (χ4v) is 5.06. The number of nitrogens with zero attached hydrogens (tertiary/aromatic N) is 1. The standard InChI is InChI=1S/C22H15Cl5N4O2/c23-11-5-10(6-12(24)7-11)18-19(22(18,26)27)21(33)30-14-2-3-16(25)15(8-14)20(32)31-17-4-1-13(28)9-29-17/h1-9,18-19H,28H2,(H,30,33)(H,29,31,32)/t18-,19+/m0/s1. The molecule has 11 heteroatoms. The number of alkyl halides is 2. The van der Waals surface area contributed by atoms with Gasteiger partial charge in [0, 0.05) is 21.7 Å². The van der Waals surface area contributed by atoms with Crippen LogP contribution in [0.2, 0.25) is 15.1 Å². The summed E-state index contributed by atoms with van der Waals surface area (Å²) < 4.78 is -1.33. The minimum absolute atomic E-state index is 0.144. The van der Waals surface area contributed by atoms with Gasteiger partial charge in [-0.2, -0.15) is 0 Å². The van der Waals surface area contributed by atoms with Gasteiger partial charge in [0.05, 0.1) is 28.4 Å². The number of benzene rings is 2. The Morgan fingerprint density at radius 3 is 2.27 bits per heavy atom. The number of carbonyl (C=O) groups excluding carboxylic acids is 2. The Morgan fingerprint density at radius 1 is 0.939 bits per heavy atom. The third-order valence-electron chi connectivity index (χ3n) is 5.09.